The lowest BCUT2D eigenvalue weighted by molar-refractivity contribution is -0.384. The van der Waals surface area contributed by atoms with Gasteiger partial charge in [-0.1, -0.05) is 30.3 Å². The van der Waals surface area contributed by atoms with Crippen molar-refractivity contribution in [2.45, 2.75) is 11.8 Å². The Labute approximate surface area is 184 Å². The molecule has 0 saturated heterocycles. The van der Waals surface area contributed by atoms with E-state index in [1.54, 1.807) is 54.6 Å². The first kappa shape index (κ1) is 22.4. The Kier molecular flexibility index (Phi) is 6.80. The number of nitro benzene ring substituents is 1. The van der Waals surface area contributed by atoms with Crippen LogP contribution in [0.15, 0.2) is 82.8 Å². The van der Waals surface area contributed by atoms with E-state index in [0.717, 1.165) is 6.07 Å². The number of amides is 1. The van der Waals surface area contributed by atoms with Gasteiger partial charge in [0.15, 0.2) is 0 Å². The van der Waals surface area contributed by atoms with Crippen LogP contribution in [-0.2, 0) is 14.8 Å². The molecule has 3 aromatic carbocycles. The molecule has 0 aliphatic rings. The molecule has 0 aliphatic carbocycles. The summed E-state index contributed by atoms with van der Waals surface area (Å²) in [6.07, 6.45) is 1.43. The van der Waals surface area contributed by atoms with Gasteiger partial charge in [0.1, 0.15) is 5.69 Å². The van der Waals surface area contributed by atoms with Gasteiger partial charge in [-0.3, -0.25) is 25.1 Å². The topological polar surface area (TPSA) is 143 Å². The van der Waals surface area contributed by atoms with Crippen LogP contribution >= 0.6 is 0 Å². The van der Waals surface area contributed by atoms with Crippen molar-refractivity contribution in [3.8, 4) is 0 Å². The third-order valence-corrected chi connectivity index (χ3v) is 5.51. The van der Waals surface area contributed by atoms with E-state index in [-0.39, 0.29) is 16.5 Å². The van der Waals surface area contributed by atoms with Gasteiger partial charge >= 0.3 is 0 Å². The van der Waals surface area contributed by atoms with Crippen LogP contribution < -0.4 is 15.5 Å². The average molecular weight is 453 g/mol. The monoisotopic (exact) mass is 453 g/mol. The number of nitrogens with one attached hydrogen (secondary N) is 3. The summed E-state index contributed by atoms with van der Waals surface area (Å²) in [6.45, 7) is 1.40. The lowest BCUT2D eigenvalue weighted by Crippen LogP contribution is -2.13. The molecule has 0 aromatic heterocycles. The Hall–Kier alpha value is -4.25. The molecule has 0 atom stereocenters. The molecule has 1 amide bonds. The molecule has 11 heteroatoms. The fourth-order valence-corrected chi connectivity index (χ4v) is 3.75. The van der Waals surface area contributed by atoms with Crippen LogP contribution in [0.4, 0.5) is 22.7 Å². The van der Waals surface area contributed by atoms with E-state index in [0.29, 0.717) is 16.9 Å². The molecule has 10 nitrogen and oxygen atoms in total. The van der Waals surface area contributed by atoms with Crippen molar-refractivity contribution in [3.05, 3.63) is 88.5 Å². The zero-order valence-electron chi connectivity index (χ0n) is 16.8. The van der Waals surface area contributed by atoms with Crippen LogP contribution in [0.5, 0.6) is 0 Å². The number of hydrogen-bond acceptors (Lipinski definition) is 7. The normalized spacial score (nSPS) is 11.2. The van der Waals surface area contributed by atoms with E-state index < -0.39 is 20.6 Å². The summed E-state index contributed by atoms with van der Waals surface area (Å²) in [5, 5.41) is 18.1. The van der Waals surface area contributed by atoms with E-state index >= 15 is 0 Å². The maximum absolute atomic E-state index is 12.6. The van der Waals surface area contributed by atoms with Gasteiger partial charge in [0, 0.05) is 24.4 Å². The van der Waals surface area contributed by atoms with Gasteiger partial charge in [-0.2, -0.15) is 5.10 Å². The number of carbonyl (C=O) groups is 1. The highest BCUT2D eigenvalue weighted by atomic mass is 32.2. The number of hydrogen-bond donors (Lipinski definition) is 3. The number of sulfonamides is 1. The Morgan fingerprint density at radius 2 is 1.69 bits per heavy atom. The summed E-state index contributed by atoms with van der Waals surface area (Å²) in [5.41, 5.74) is 3.79. The molecule has 0 unspecified atom stereocenters. The van der Waals surface area contributed by atoms with Crippen LogP contribution in [0.3, 0.4) is 0 Å². The predicted octanol–water partition coefficient (Wildman–Crippen LogP) is 3.80. The molecule has 32 heavy (non-hydrogen) atoms. The zero-order valence-corrected chi connectivity index (χ0v) is 17.7. The number of rotatable bonds is 8. The van der Waals surface area contributed by atoms with E-state index in [9.17, 15) is 23.3 Å². The van der Waals surface area contributed by atoms with E-state index in [1.165, 1.54) is 25.3 Å². The summed E-state index contributed by atoms with van der Waals surface area (Å²) in [4.78, 5) is 21.6. The highest BCUT2D eigenvalue weighted by Gasteiger charge is 2.21. The molecule has 0 fully saturated rings. The maximum atomic E-state index is 12.6. The predicted molar refractivity (Wildman–Crippen MR) is 122 cm³/mol. The zero-order chi connectivity index (χ0) is 23.1. The van der Waals surface area contributed by atoms with Crippen molar-refractivity contribution < 1.29 is 18.1 Å². The van der Waals surface area contributed by atoms with Gasteiger partial charge in [0.2, 0.25) is 5.91 Å². The van der Waals surface area contributed by atoms with Crippen LogP contribution in [0, 0.1) is 10.1 Å². The van der Waals surface area contributed by atoms with Crippen molar-refractivity contribution in [1.82, 2.24) is 0 Å². The molecule has 0 heterocycles. The van der Waals surface area contributed by atoms with Crippen molar-refractivity contribution in [2.75, 3.05) is 15.5 Å². The van der Waals surface area contributed by atoms with Gasteiger partial charge in [0.25, 0.3) is 15.7 Å². The number of carbonyl (C=O) groups excluding carboxylic acids is 1. The van der Waals surface area contributed by atoms with Crippen LogP contribution in [-0.4, -0.2) is 25.5 Å². The minimum absolute atomic E-state index is 0.0276. The number of nitro groups is 1. The lowest BCUT2D eigenvalue weighted by atomic mass is 10.2. The first-order valence-electron chi connectivity index (χ1n) is 9.28. The van der Waals surface area contributed by atoms with E-state index in [2.05, 4.69) is 20.6 Å². The smallest absolute Gasteiger partial charge is 0.295 e. The van der Waals surface area contributed by atoms with Gasteiger partial charge in [-0.15, -0.1) is 0 Å². The Balaban J connectivity index is 1.77. The number of hydrazone groups is 1. The molecule has 0 bridgehead atoms. The molecule has 0 radical (unpaired) electrons. The van der Waals surface area contributed by atoms with Crippen molar-refractivity contribution >= 4 is 44.9 Å². The van der Waals surface area contributed by atoms with Gasteiger partial charge in [-0.05, 0) is 42.0 Å². The molecule has 3 rings (SSSR count). The summed E-state index contributed by atoms with van der Waals surface area (Å²) >= 11 is 0. The van der Waals surface area contributed by atoms with Gasteiger partial charge < -0.3 is 5.32 Å². The molecule has 0 saturated carbocycles. The van der Waals surface area contributed by atoms with Crippen molar-refractivity contribution in [2.24, 2.45) is 5.10 Å². The van der Waals surface area contributed by atoms with Crippen LogP contribution in [0.25, 0.3) is 0 Å². The molecular weight excluding hydrogens is 434 g/mol. The molecular formula is C21H19N5O5S. The number of anilines is 3. The quantitative estimate of drug-likeness (QED) is 0.269. The summed E-state index contributed by atoms with van der Waals surface area (Å²) in [6, 6.07) is 18.5. The minimum Gasteiger partial charge on any atom is -0.326 e. The number of para-hydroxylation sites is 1. The molecule has 0 spiro atoms. The molecule has 3 aromatic rings. The third-order valence-electron chi connectivity index (χ3n) is 4.13. The fraction of sp³-hybridized carbons (Fsp3) is 0.0476. The van der Waals surface area contributed by atoms with Crippen molar-refractivity contribution in [1.29, 1.82) is 0 Å². The highest BCUT2D eigenvalue weighted by molar-refractivity contribution is 7.92. The second kappa shape index (κ2) is 9.71. The first-order chi connectivity index (χ1) is 15.2. The standard InChI is InChI=1S/C21H19N5O5S/c1-15(27)23-17-9-7-16(8-10-17)14-22-24-20-12-11-19(13-21(20)26(28)29)32(30,31)25-18-5-3-2-4-6-18/h2-14,24-25H,1H3,(H,23,27)/b22-14+. The third kappa shape index (κ3) is 5.89. The molecule has 3 N–H and O–H groups in total. The van der Waals surface area contributed by atoms with Crippen molar-refractivity contribution in [3.63, 3.8) is 0 Å². The van der Waals surface area contributed by atoms with E-state index in [4.69, 9.17) is 0 Å². The molecule has 0 aliphatic heterocycles. The van der Waals surface area contributed by atoms with E-state index in [1.807, 2.05) is 0 Å². The Morgan fingerprint density at radius 1 is 1.00 bits per heavy atom. The average Bonchev–Trinajstić information content (AvgIpc) is 2.75. The largest absolute Gasteiger partial charge is 0.326 e. The Morgan fingerprint density at radius 3 is 2.31 bits per heavy atom. The lowest BCUT2D eigenvalue weighted by Gasteiger charge is -2.09. The van der Waals surface area contributed by atoms with Crippen LogP contribution in [0.2, 0.25) is 0 Å². The fourth-order valence-electron chi connectivity index (χ4n) is 2.68. The summed E-state index contributed by atoms with van der Waals surface area (Å²) < 4.78 is 27.5. The second-order valence-corrected chi connectivity index (χ2v) is 8.26. The van der Waals surface area contributed by atoms with Crippen LogP contribution in [0.1, 0.15) is 12.5 Å². The SMILES string of the molecule is CC(=O)Nc1ccc(/C=N/Nc2ccc(S(=O)(=O)Nc3ccccc3)cc2[N+](=O)[O-])cc1. The minimum atomic E-state index is -4.01. The maximum Gasteiger partial charge on any atom is 0.295 e. The second-order valence-electron chi connectivity index (χ2n) is 6.58. The molecule has 164 valence electrons. The number of benzene rings is 3. The highest BCUT2D eigenvalue weighted by Crippen LogP contribution is 2.28. The first-order valence-corrected chi connectivity index (χ1v) is 10.8. The summed E-state index contributed by atoms with van der Waals surface area (Å²) in [5.74, 6) is -0.190. The Bertz CT molecular complexity index is 1260. The van der Waals surface area contributed by atoms with Gasteiger partial charge in [-0.25, -0.2) is 8.42 Å². The summed E-state index contributed by atoms with van der Waals surface area (Å²) in [7, 11) is -4.01. The van der Waals surface area contributed by atoms with Gasteiger partial charge in [0.05, 0.1) is 16.0 Å². The number of nitrogens with zero attached hydrogens (tertiary/aromatic N) is 2.